The second kappa shape index (κ2) is 5.72. The van der Waals surface area contributed by atoms with E-state index in [1.807, 2.05) is 12.1 Å². The molecule has 0 saturated carbocycles. The van der Waals surface area contributed by atoms with Gasteiger partial charge in [-0.3, -0.25) is 0 Å². The number of halogens is 2. The van der Waals surface area contributed by atoms with Gasteiger partial charge in [0.25, 0.3) is 0 Å². The van der Waals surface area contributed by atoms with Gasteiger partial charge in [-0.05, 0) is 41.8 Å². The maximum absolute atomic E-state index is 13.3. The molecule has 0 amide bonds. The first-order chi connectivity index (χ1) is 10.2. The van der Waals surface area contributed by atoms with Crippen LogP contribution in [0, 0.1) is 11.6 Å². The normalized spacial score (nSPS) is 14.4. The van der Waals surface area contributed by atoms with E-state index < -0.39 is 11.6 Å². The highest BCUT2D eigenvalue weighted by Crippen LogP contribution is 2.30. The molecule has 1 aliphatic heterocycles. The maximum Gasteiger partial charge on any atom is 0.160 e. The predicted molar refractivity (Wildman–Crippen MR) is 78.7 cm³/mol. The molecule has 4 heteroatoms. The van der Waals surface area contributed by atoms with Gasteiger partial charge in [-0.15, -0.1) is 0 Å². The SMILES string of the molecule is CCC(Nc1ccc(F)c(F)c1)c1ccc2c(c1)CCO2. The lowest BCUT2D eigenvalue weighted by Crippen LogP contribution is -2.10. The summed E-state index contributed by atoms with van der Waals surface area (Å²) in [6.07, 6.45) is 1.77. The van der Waals surface area contributed by atoms with E-state index in [9.17, 15) is 8.78 Å². The van der Waals surface area contributed by atoms with Crippen molar-refractivity contribution >= 4 is 5.69 Å². The topological polar surface area (TPSA) is 21.3 Å². The average molecular weight is 289 g/mol. The fourth-order valence-electron chi connectivity index (χ4n) is 2.63. The number of fused-ring (bicyclic) bond motifs is 1. The van der Waals surface area contributed by atoms with Gasteiger partial charge in [-0.1, -0.05) is 13.0 Å². The highest BCUT2D eigenvalue weighted by molar-refractivity contribution is 5.48. The Bertz CT molecular complexity index is 657. The van der Waals surface area contributed by atoms with Crippen molar-refractivity contribution in [3.8, 4) is 5.75 Å². The standard InChI is InChI=1S/C17H17F2NO/c1-2-16(20-13-4-5-14(18)15(19)10-13)11-3-6-17-12(9-11)7-8-21-17/h3-6,9-10,16,20H,2,7-8H2,1H3. The Kier molecular flexibility index (Phi) is 3.78. The third-order valence-electron chi connectivity index (χ3n) is 3.78. The summed E-state index contributed by atoms with van der Waals surface area (Å²) in [7, 11) is 0. The summed E-state index contributed by atoms with van der Waals surface area (Å²) < 4.78 is 31.8. The summed E-state index contributed by atoms with van der Waals surface area (Å²) in [6.45, 7) is 2.79. The summed E-state index contributed by atoms with van der Waals surface area (Å²) in [5.41, 5.74) is 2.92. The van der Waals surface area contributed by atoms with Crippen LogP contribution in [0.3, 0.4) is 0 Å². The third-order valence-corrected chi connectivity index (χ3v) is 3.78. The molecule has 0 fully saturated rings. The van der Waals surface area contributed by atoms with E-state index >= 15 is 0 Å². The van der Waals surface area contributed by atoms with Crippen molar-refractivity contribution in [3.05, 3.63) is 59.2 Å². The van der Waals surface area contributed by atoms with Crippen molar-refractivity contribution < 1.29 is 13.5 Å². The van der Waals surface area contributed by atoms with Gasteiger partial charge in [0.15, 0.2) is 11.6 Å². The number of anilines is 1. The Hall–Kier alpha value is -2.10. The molecule has 110 valence electrons. The summed E-state index contributed by atoms with van der Waals surface area (Å²) >= 11 is 0. The van der Waals surface area contributed by atoms with E-state index in [0.717, 1.165) is 36.8 Å². The highest BCUT2D eigenvalue weighted by Gasteiger charge is 2.16. The molecule has 2 nitrogen and oxygen atoms in total. The van der Waals surface area contributed by atoms with Crippen molar-refractivity contribution in [2.75, 3.05) is 11.9 Å². The molecule has 21 heavy (non-hydrogen) atoms. The molecule has 1 aliphatic rings. The van der Waals surface area contributed by atoms with E-state index in [2.05, 4.69) is 18.3 Å². The lowest BCUT2D eigenvalue weighted by molar-refractivity contribution is 0.357. The molecule has 3 rings (SSSR count). The van der Waals surface area contributed by atoms with Gasteiger partial charge in [-0.2, -0.15) is 0 Å². The second-order valence-electron chi connectivity index (χ2n) is 5.20. The molecule has 0 aliphatic carbocycles. The molecule has 0 aromatic heterocycles. The van der Waals surface area contributed by atoms with Crippen LogP contribution in [0.15, 0.2) is 36.4 Å². The van der Waals surface area contributed by atoms with Crippen molar-refractivity contribution in [2.24, 2.45) is 0 Å². The van der Waals surface area contributed by atoms with E-state index in [1.54, 1.807) is 6.07 Å². The molecule has 1 atom stereocenters. The third kappa shape index (κ3) is 2.84. The van der Waals surface area contributed by atoms with Crippen LogP contribution in [0.1, 0.15) is 30.5 Å². The fourth-order valence-corrected chi connectivity index (χ4v) is 2.63. The van der Waals surface area contributed by atoms with Crippen LogP contribution in [0.4, 0.5) is 14.5 Å². The lowest BCUT2D eigenvalue weighted by atomic mass is 10.0. The molecule has 1 heterocycles. The fraction of sp³-hybridized carbons (Fsp3) is 0.294. The molecule has 0 radical (unpaired) electrons. The minimum atomic E-state index is -0.836. The first kappa shape index (κ1) is 13.9. The number of benzene rings is 2. The van der Waals surface area contributed by atoms with Crippen molar-refractivity contribution in [1.29, 1.82) is 0 Å². The van der Waals surface area contributed by atoms with Gasteiger partial charge in [0.1, 0.15) is 5.75 Å². The van der Waals surface area contributed by atoms with Gasteiger partial charge in [-0.25, -0.2) is 8.78 Å². The molecule has 1 unspecified atom stereocenters. The predicted octanol–water partition coefficient (Wildman–Crippen LogP) is 4.46. The summed E-state index contributed by atoms with van der Waals surface area (Å²) in [5.74, 6) is -0.720. The number of hydrogen-bond acceptors (Lipinski definition) is 2. The molecule has 2 aromatic rings. The summed E-state index contributed by atoms with van der Waals surface area (Å²) in [6, 6.07) is 10.1. The van der Waals surface area contributed by atoms with E-state index in [4.69, 9.17) is 4.74 Å². The molecular formula is C17H17F2NO. The molecular weight excluding hydrogens is 272 g/mol. The Balaban J connectivity index is 1.83. The van der Waals surface area contributed by atoms with Crippen LogP contribution in [0.5, 0.6) is 5.75 Å². The quantitative estimate of drug-likeness (QED) is 0.897. The maximum atomic E-state index is 13.3. The van der Waals surface area contributed by atoms with E-state index in [1.165, 1.54) is 11.6 Å². The smallest absolute Gasteiger partial charge is 0.160 e. The monoisotopic (exact) mass is 289 g/mol. The Labute approximate surface area is 122 Å². The zero-order valence-corrected chi connectivity index (χ0v) is 11.8. The van der Waals surface area contributed by atoms with Gasteiger partial charge >= 0.3 is 0 Å². The van der Waals surface area contributed by atoms with Crippen molar-refractivity contribution in [3.63, 3.8) is 0 Å². The minimum absolute atomic E-state index is 0.0563. The van der Waals surface area contributed by atoms with Crippen LogP contribution in [0.2, 0.25) is 0 Å². The van der Waals surface area contributed by atoms with Crippen LogP contribution < -0.4 is 10.1 Å². The number of nitrogens with one attached hydrogen (secondary N) is 1. The van der Waals surface area contributed by atoms with Crippen LogP contribution >= 0.6 is 0 Å². The summed E-state index contributed by atoms with van der Waals surface area (Å²) in [4.78, 5) is 0. The average Bonchev–Trinajstić information content (AvgIpc) is 2.95. The van der Waals surface area contributed by atoms with Gasteiger partial charge in [0, 0.05) is 18.2 Å². The van der Waals surface area contributed by atoms with Gasteiger partial charge < -0.3 is 10.1 Å². The first-order valence-electron chi connectivity index (χ1n) is 7.14. The van der Waals surface area contributed by atoms with Crippen molar-refractivity contribution in [2.45, 2.75) is 25.8 Å². The largest absolute Gasteiger partial charge is 0.493 e. The highest BCUT2D eigenvalue weighted by atomic mass is 19.2. The number of hydrogen-bond donors (Lipinski definition) is 1. The Morgan fingerprint density at radius 3 is 2.76 bits per heavy atom. The zero-order valence-electron chi connectivity index (χ0n) is 11.8. The first-order valence-corrected chi connectivity index (χ1v) is 7.14. The van der Waals surface area contributed by atoms with E-state index in [0.29, 0.717) is 5.69 Å². The van der Waals surface area contributed by atoms with Crippen LogP contribution in [-0.4, -0.2) is 6.61 Å². The minimum Gasteiger partial charge on any atom is -0.493 e. The number of rotatable bonds is 4. The number of ether oxygens (including phenoxy) is 1. The molecule has 0 saturated heterocycles. The lowest BCUT2D eigenvalue weighted by Gasteiger charge is -2.19. The molecule has 0 bridgehead atoms. The molecule has 1 N–H and O–H groups in total. The molecule has 2 aromatic carbocycles. The van der Waals surface area contributed by atoms with Crippen LogP contribution in [-0.2, 0) is 6.42 Å². The Morgan fingerprint density at radius 1 is 1.14 bits per heavy atom. The van der Waals surface area contributed by atoms with Gasteiger partial charge in [0.05, 0.1) is 12.6 Å². The summed E-state index contributed by atoms with van der Waals surface area (Å²) in [5, 5.41) is 3.26. The molecule has 0 spiro atoms. The zero-order chi connectivity index (χ0) is 14.8. The van der Waals surface area contributed by atoms with E-state index in [-0.39, 0.29) is 6.04 Å². The van der Waals surface area contributed by atoms with Crippen LogP contribution in [0.25, 0.3) is 0 Å². The second-order valence-corrected chi connectivity index (χ2v) is 5.20. The van der Waals surface area contributed by atoms with Gasteiger partial charge in [0.2, 0.25) is 0 Å². The Morgan fingerprint density at radius 2 is 2.00 bits per heavy atom. The van der Waals surface area contributed by atoms with Crippen molar-refractivity contribution in [1.82, 2.24) is 0 Å².